The Morgan fingerprint density at radius 1 is 1.39 bits per heavy atom. The first-order chi connectivity index (χ1) is 8.56. The van der Waals surface area contributed by atoms with Crippen LogP contribution in [0, 0.1) is 24.0 Å². The fourth-order valence-electron chi connectivity index (χ4n) is 1.56. The monoisotopic (exact) mass is 248 g/mol. The van der Waals surface area contributed by atoms with Gasteiger partial charge in [0.1, 0.15) is 12.4 Å². The molecule has 6 heteroatoms. The maximum atomic E-state index is 10.7. The Labute approximate surface area is 103 Å². The molecular weight excluding hydrogens is 236 g/mol. The quantitative estimate of drug-likeness (QED) is 0.614. The Morgan fingerprint density at radius 2 is 2.17 bits per heavy atom. The van der Waals surface area contributed by atoms with Gasteiger partial charge < -0.3 is 9.26 Å². The number of aromatic nitrogens is 1. The van der Waals surface area contributed by atoms with Crippen molar-refractivity contribution in [2.45, 2.75) is 20.5 Å². The summed E-state index contributed by atoms with van der Waals surface area (Å²) in [6, 6.07) is 6.39. The Hall–Kier alpha value is -2.37. The molecule has 1 aromatic carbocycles. The van der Waals surface area contributed by atoms with Crippen molar-refractivity contribution in [3.05, 3.63) is 51.4 Å². The number of benzene rings is 1. The van der Waals surface area contributed by atoms with Crippen molar-refractivity contribution < 1.29 is 14.2 Å². The molecule has 1 aromatic heterocycles. The van der Waals surface area contributed by atoms with Gasteiger partial charge in [0.2, 0.25) is 0 Å². The van der Waals surface area contributed by atoms with E-state index in [-0.39, 0.29) is 12.3 Å². The number of nitro groups is 1. The minimum Gasteiger partial charge on any atom is -0.486 e. The van der Waals surface area contributed by atoms with Gasteiger partial charge in [0.25, 0.3) is 5.69 Å². The van der Waals surface area contributed by atoms with E-state index in [0.717, 1.165) is 5.69 Å². The molecule has 94 valence electrons. The van der Waals surface area contributed by atoms with Crippen molar-refractivity contribution in [1.29, 1.82) is 0 Å². The Kier molecular flexibility index (Phi) is 3.27. The van der Waals surface area contributed by atoms with E-state index in [4.69, 9.17) is 9.26 Å². The maximum Gasteiger partial charge on any atom is 0.272 e. The lowest BCUT2D eigenvalue weighted by molar-refractivity contribution is -0.385. The normalized spacial score (nSPS) is 10.3. The fraction of sp³-hybridized carbons (Fsp3) is 0.250. The minimum atomic E-state index is -0.418. The molecule has 0 atom stereocenters. The van der Waals surface area contributed by atoms with E-state index in [9.17, 15) is 10.1 Å². The Morgan fingerprint density at radius 3 is 2.72 bits per heavy atom. The summed E-state index contributed by atoms with van der Waals surface area (Å²) in [5.74, 6) is 1.18. The highest BCUT2D eigenvalue weighted by atomic mass is 16.6. The molecule has 0 aliphatic carbocycles. The van der Waals surface area contributed by atoms with E-state index >= 15 is 0 Å². The van der Waals surface area contributed by atoms with E-state index in [1.165, 1.54) is 6.07 Å². The summed E-state index contributed by atoms with van der Waals surface area (Å²) in [5, 5.41) is 14.4. The third-order valence-electron chi connectivity index (χ3n) is 2.42. The number of rotatable bonds is 4. The highest BCUT2D eigenvalue weighted by Gasteiger charge is 2.11. The lowest BCUT2D eigenvalue weighted by Gasteiger charge is -2.04. The predicted molar refractivity (Wildman–Crippen MR) is 63.4 cm³/mol. The largest absolute Gasteiger partial charge is 0.486 e. The predicted octanol–water partition coefficient (Wildman–Crippen LogP) is 2.78. The SMILES string of the molecule is Cc1cc(COc2ccc([N+](=O)[O-])c(C)c2)on1. The van der Waals surface area contributed by atoms with Crippen molar-refractivity contribution >= 4 is 5.69 Å². The van der Waals surface area contributed by atoms with Gasteiger partial charge in [-0.25, -0.2) is 0 Å². The fourth-order valence-corrected chi connectivity index (χ4v) is 1.56. The zero-order valence-corrected chi connectivity index (χ0v) is 10.0. The van der Waals surface area contributed by atoms with Crippen LogP contribution in [0.15, 0.2) is 28.8 Å². The topological polar surface area (TPSA) is 78.4 Å². The molecule has 1 heterocycles. The molecule has 6 nitrogen and oxygen atoms in total. The minimum absolute atomic E-state index is 0.0814. The van der Waals surface area contributed by atoms with Crippen molar-refractivity contribution in [1.82, 2.24) is 5.16 Å². The molecule has 0 N–H and O–H groups in total. The van der Waals surface area contributed by atoms with E-state index in [2.05, 4.69) is 5.16 Å². The number of hydrogen-bond donors (Lipinski definition) is 0. The molecule has 0 aliphatic rings. The number of ether oxygens (including phenoxy) is 1. The molecule has 0 radical (unpaired) electrons. The maximum absolute atomic E-state index is 10.7. The lowest BCUT2D eigenvalue weighted by Crippen LogP contribution is -1.96. The average molecular weight is 248 g/mol. The van der Waals surface area contributed by atoms with E-state index in [0.29, 0.717) is 17.1 Å². The van der Waals surface area contributed by atoms with Gasteiger partial charge in [-0.05, 0) is 26.0 Å². The second-order valence-corrected chi connectivity index (χ2v) is 3.93. The lowest BCUT2D eigenvalue weighted by atomic mass is 10.2. The molecule has 0 aliphatic heterocycles. The van der Waals surface area contributed by atoms with Crippen LogP contribution in [0.3, 0.4) is 0 Å². The van der Waals surface area contributed by atoms with Crippen molar-refractivity contribution in [3.63, 3.8) is 0 Å². The molecule has 0 spiro atoms. The van der Waals surface area contributed by atoms with Gasteiger partial charge in [-0.2, -0.15) is 0 Å². The summed E-state index contributed by atoms with van der Waals surface area (Å²) in [4.78, 5) is 10.2. The van der Waals surface area contributed by atoms with Crippen LogP contribution in [0.2, 0.25) is 0 Å². The second-order valence-electron chi connectivity index (χ2n) is 3.93. The molecule has 0 amide bonds. The summed E-state index contributed by atoms with van der Waals surface area (Å²) in [6.07, 6.45) is 0. The molecule has 0 fully saturated rings. The first kappa shape index (κ1) is 12.1. The summed E-state index contributed by atoms with van der Waals surface area (Å²) in [6.45, 7) is 3.74. The van der Waals surface area contributed by atoms with Crippen molar-refractivity contribution in [3.8, 4) is 5.75 Å². The number of nitrogens with zero attached hydrogens (tertiary/aromatic N) is 2. The summed E-state index contributed by atoms with van der Waals surface area (Å²) < 4.78 is 10.5. The van der Waals surface area contributed by atoms with E-state index in [1.54, 1.807) is 25.1 Å². The smallest absolute Gasteiger partial charge is 0.272 e. The molecular formula is C12H12N2O4. The van der Waals surface area contributed by atoms with Crippen LogP contribution in [0.1, 0.15) is 17.0 Å². The van der Waals surface area contributed by atoms with Gasteiger partial charge in [-0.15, -0.1) is 0 Å². The highest BCUT2D eigenvalue weighted by Crippen LogP contribution is 2.23. The number of hydrogen-bond acceptors (Lipinski definition) is 5. The first-order valence-corrected chi connectivity index (χ1v) is 5.36. The van der Waals surface area contributed by atoms with E-state index in [1.807, 2.05) is 6.92 Å². The standard InChI is InChI=1S/C12H12N2O4/c1-8-5-10(3-4-12(8)14(15)16)17-7-11-6-9(2)13-18-11/h3-6H,7H2,1-2H3. The van der Waals surface area contributed by atoms with Crippen LogP contribution in [0.5, 0.6) is 5.75 Å². The van der Waals surface area contributed by atoms with Crippen molar-refractivity contribution in [2.24, 2.45) is 0 Å². The summed E-state index contributed by atoms with van der Waals surface area (Å²) in [7, 11) is 0. The molecule has 2 rings (SSSR count). The van der Waals surface area contributed by atoms with Crippen LogP contribution in [0.4, 0.5) is 5.69 Å². The van der Waals surface area contributed by atoms with Crippen LogP contribution in [-0.4, -0.2) is 10.1 Å². The van der Waals surface area contributed by atoms with Gasteiger partial charge in [0.15, 0.2) is 5.76 Å². The number of nitro benzene ring substituents is 1. The number of aryl methyl sites for hydroxylation is 2. The van der Waals surface area contributed by atoms with Crippen molar-refractivity contribution in [2.75, 3.05) is 0 Å². The highest BCUT2D eigenvalue weighted by molar-refractivity contribution is 5.44. The zero-order valence-electron chi connectivity index (χ0n) is 10.0. The van der Waals surface area contributed by atoms with Gasteiger partial charge in [-0.1, -0.05) is 5.16 Å². The Balaban J connectivity index is 2.06. The zero-order chi connectivity index (χ0) is 13.1. The molecule has 0 saturated heterocycles. The van der Waals surface area contributed by atoms with Crippen LogP contribution in [-0.2, 0) is 6.61 Å². The van der Waals surface area contributed by atoms with Crippen LogP contribution >= 0.6 is 0 Å². The average Bonchev–Trinajstić information content (AvgIpc) is 2.72. The second kappa shape index (κ2) is 4.87. The molecule has 18 heavy (non-hydrogen) atoms. The van der Waals surface area contributed by atoms with Gasteiger partial charge in [0.05, 0.1) is 10.6 Å². The molecule has 0 unspecified atom stereocenters. The van der Waals surface area contributed by atoms with Crippen LogP contribution in [0.25, 0.3) is 0 Å². The van der Waals surface area contributed by atoms with Gasteiger partial charge in [0, 0.05) is 17.7 Å². The third kappa shape index (κ3) is 2.65. The third-order valence-corrected chi connectivity index (χ3v) is 2.42. The Bertz CT molecular complexity index is 577. The first-order valence-electron chi connectivity index (χ1n) is 5.36. The summed E-state index contributed by atoms with van der Waals surface area (Å²) in [5.41, 5.74) is 1.43. The van der Waals surface area contributed by atoms with Gasteiger partial charge >= 0.3 is 0 Å². The van der Waals surface area contributed by atoms with Crippen LogP contribution < -0.4 is 4.74 Å². The summed E-state index contributed by atoms with van der Waals surface area (Å²) >= 11 is 0. The van der Waals surface area contributed by atoms with E-state index < -0.39 is 4.92 Å². The molecule has 2 aromatic rings. The van der Waals surface area contributed by atoms with Gasteiger partial charge in [-0.3, -0.25) is 10.1 Å². The molecule has 0 bridgehead atoms. The molecule has 0 saturated carbocycles.